The maximum Gasteiger partial charge on any atom is 0.176 e. The zero-order valence-electron chi connectivity index (χ0n) is 10.6. The van der Waals surface area contributed by atoms with Crippen LogP contribution in [0.5, 0.6) is 0 Å². The number of ketones is 1. The van der Waals surface area contributed by atoms with Gasteiger partial charge in [-0.2, -0.15) is 11.8 Å². The van der Waals surface area contributed by atoms with Crippen molar-refractivity contribution >= 4 is 29.3 Å². The molecule has 0 saturated carbocycles. The highest BCUT2D eigenvalue weighted by molar-refractivity contribution is 8.07. The van der Waals surface area contributed by atoms with Crippen molar-refractivity contribution in [1.82, 2.24) is 0 Å². The van der Waals surface area contributed by atoms with Crippen LogP contribution in [0.25, 0.3) is 0 Å². The van der Waals surface area contributed by atoms with Gasteiger partial charge < -0.3 is 0 Å². The number of thioether (sulfide) groups is 2. The van der Waals surface area contributed by atoms with Crippen LogP contribution >= 0.6 is 23.5 Å². The van der Waals surface area contributed by atoms with Gasteiger partial charge in [0, 0.05) is 22.8 Å². The summed E-state index contributed by atoms with van der Waals surface area (Å²) < 4.78 is 0. The van der Waals surface area contributed by atoms with Crippen molar-refractivity contribution in [2.75, 3.05) is 17.3 Å². The molecular weight excluding hydrogens is 248 g/mol. The van der Waals surface area contributed by atoms with Gasteiger partial charge in [-0.15, -0.1) is 11.8 Å². The molecule has 1 aromatic carbocycles. The summed E-state index contributed by atoms with van der Waals surface area (Å²) in [6.45, 7) is 6.22. The van der Waals surface area contributed by atoms with E-state index in [2.05, 4.69) is 26.0 Å². The Morgan fingerprint density at radius 2 is 1.82 bits per heavy atom. The number of benzene rings is 1. The van der Waals surface area contributed by atoms with E-state index < -0.39 is 0 Å². The standard InChI is InChI=1S/C14H18OS2/c1-9-6-11(3)12(7-10(9)2)14(15)13-8-16-4-5-17-13/h6-7,13H,4-5,8H2,1-3H3. The van der Waals surface area contributed by atoms with Crippen LogP contribution in [-0.4, -0.2) is 28.3 Å². The normalized spacial score (nSPS) is 20.3. The first-order valence-electron chi connectivity index (χ1n) is 5.91. The second-order valence-electron chi connectivity index (χ2n) is 4.55. The maximum atomic E-state index is 12.4. The minimum Gasteiger partial charge on any atom is -0.293 e. The Hall–Kier alpha value is -0.410. The van der Waals surface area contributed by atoms with Gasteiger partial charge in [-0.25, -0.2) is 0 Å². The van der Waals surface area contributed by atoms with Crippen molar-refractivity contribution in [3.63, 3.8) is 0 Å². The summed E-state index contributed by atoms with van der Waals surface area (Å²) in [7, 11) is 0. The van der Waals surface area contributed by atoms with Gasteiger partial charge in [0.25, 0.3) is 0 Å². The van der Waals surface area contributed by atoms with Crippen molar-refractivity contribution in [3.05, 3.63) is 34.4 Å². The Morgan fingerprint density at radius 1 is 1.12 bits per heavy atom. The molecule has 1 aliphatic rings. The predicted octanol–water partition coefficient (Wildman–Crippen LogP) is 3.64. The summed E-state index contributed by atoms with van der Waals surface area (Å²) in [5, 5.41) is 0.162. The number of hydrogen-bond donors (Lipinski definition) is 0. The van der Waals surface area contributed by atoms with Crippen LogP contribution in [0, 0.1) is 20.8 Å². The quantitative estimate of drug-likeness (QED) is 0.761. The van der Waals surface area contributed by atoms with E-state index in [1.54, 1.807) is 0 Å². The molecule has 1 saturated heterocycles. The molecule has 1 unspecified atom stereocenters. The van der Waals surface area contributed by atoms with Crippen LogP contribution in [0.4, 0.5) is 0 Å². The Morgan fingerprint density at radius 3 is 2.47 bits per heavy atom. The van der Waals surface area contributed by atoms with Crippen molar-refractivity contribution in [2.45, 2.75) is 26.0 Å². The lowest BCUT2D eigenvalue weighted by Gasteiger charge is -2.21. The third kappa shape index (κ3) is 2.89. The van der Waals surface area contributed by atoms with Gasteiger partial charge in [0.1, 0.15) is 0 Å². The first-order valence-corrected chi connectivity index (χ1v) is 8.11. The third-order valence-electron chi connectivity index (χ3n) is 3.21. The maximum absolute atomic E-state index is 12.4. The topological polar surface area (TPSA) is 17.1 Å². The van der Waals surface area contributed by atoms with Gasteiger partial charge in [-0.3, -0.25) is 4.79 Å². The van der Waals surface area contributed by atoms with E-state index >= 15 is 0 Å². The van der Waals surface area contributed by atoms with Crippen LogP contribution in [0.3, 0.4) is 0 Å². The van der Waals surface area contributed by atoms with Crippen molar-refractivity contribution < 1.29 is 4.79 Å². The molecular formula is C14H18OS2. The highest BCUT2D eigenvalue weighted by atomic mass is 32.2. The van der Waals surface area contributed by atoms with Gasteiger partial charge in [-0.05, 0) is 43.5 Å². The predicted molar refractivity (Wildman–Crippen MR) is 78.6 cm³/mol. The zero-order valence-corrected chi connectivity index (χ0v) is 12.2. The Labute approximate surface area is 112 Å². The average molecular weight is 266 g/mol. The van der Waals surface area contributed by atoms with Gasteiger partial charge in [-0.1, -0.05) is 6.07 Å². The average Bonchev–Trinajstić information content (AvgIpc) is 2.34. The summed E-state index contributed by atoms with van der Waals surface area (Å²) in [6.07, 6.45) is 0. The molecule has 0 bridgehead atoms. The Kier molecular flexibility index (Phi) is 4.21. The fourth-order valence-corrected chi connectivity index (χ4v) is 4.66. The lowest BCUT2D eigenvalue weighted by molar-refractivity contribution is 0.0994. The van der Waals surface area contributed by atoms with Crippen LogP contribution in [0.2, 0.25) is 0 Å². The largest absolute Gasteiger partial charge is 0.293 e. The summed E-state index contributed by atoms with van der Waals surface area (Å²) in [6, 6.07) is 4.19. The fourth-order valence-electron chi connectivity index (χ4n) is 2.04. The van der Waals surface area contributed by atoms with Crippen molar-refractivity contribution in [1.29, 1.82) is 0 Å². The lowest BCUT2D eigenvalue weighted by Crippen LogP contribution is -2.25. The summed E-state index contributed by atoms with van der Waals surface area (Å²) >= 11 is 3.71. The third-order valence-corrected chi connectivity index (χ3v) is 5.97. The molecule has 92 valence electrons. The molecule has 0 amide bonds. The molecule has 0 radical (unpaired) electrons. The second kappa shape index (κ2) is 5.49. The van der Waals surface area contributed by atoms with E-state index in [9.17, 15) is 4.79 Å². The number of carbonyl (C=O) groups is 1. The molecule has 0 spiro atoms. The molecule has 3 heteroatoms. The van der Waals surface area contributed by atoms with Gasteiger partial charge in [0.15, 0.2) is 5.78 Å². The molecule has 17 heavy (non-hydrogen) atoms. The molecule has 1 heterocycles. The smallest absolute Gasteiger partial charge is 0.176 e. The lowest BCUT2D eigenvalue weighted by atomic mass is 9.97. The van der Waals surface area contributed by atoms with E-state index in [1.807, 2.05) is 30.4 Å². The number of Topliss-reactive ketones (excluding diaryl/α,β-unsaturated/α-hetero) is 1. The first kappa shape index (κ1) is 13.0. The molecule has 0 aromatic heterocycles. The molecule has 1 aromatic rings. The van der Waals surface area contributed by atoms with Gasteiger partial charge in [0.2, 0.25) is 0 Å². The van der Waals surface area contributed by atoms with Crippen LogP contribution in [-0.2, 0) is 0 Å². The second-order valence-corrected chi connectivity index (χ2v) is 7.01. The van der Waals surface area contributed by atoms with E-state index in [-0.39, 0.29) is 5.25 Å². The molecule has 0 aliphatic carbocycles. The highest BCUT2D eigenvalue weighted by Gasteiger charge is 2.24. The van der Waals surface area contributed by atoms with E-state index in [0.717, 1.165) is 22.6 Å². The summed E-state index contributed by atoms with van der Waals surface area (Å²) in [4.78, 5) is 12.4. The van der Waals surface area contributed by atoms with E-state index in [0.29, 0.717) is 5.78 Å². The van der Waals surface area contributed by atoms with Crippen molar-refractivity contribution in [2.24, 2.45) is 0 Å². The molecule has 1 nitrogen and oxygen atoms in total. The number of rotatable bonds is 2. The molecule has 1 atom stereocenters. The van der Waals surface area contributed by atoms with Gasteiger partial charge >= 0.3 is 0 Å². The SMILES string of the molecule is Cc1cc(C)c(C(=O)C2CSCCS2)cc1C. The minimum absolute atomic E-state index is 0.162. The Bertz CT molecular complexity index is 434. The summed E-state index contributed by atoms with van der Waals surface area (Å²) in [5.41, 5.74) is 4.53. The minimum atomic E-state index is 0.162. The Balaban J connectivity index is 2.26. The van der Waals surface area contributed by atoms with Gasteiger partial charge in [0.05, 0.1) is 5.25 Å². The van der Waals surface area contributed by atoms with Crippen molar-refractivity contribution in [3.8, 4) is 0 Å². The van der Waals surface area contributed by atoms with E-state index in [4.69, 9.17) is 0 Å². The molecule has 1 aliphatic heterocycles. The fraction of sp³-hybridized carbons (Fsp3) is 0.500. The molecule has 1 fully saturated rings. The first-order chi connectivity index (χ1) is 8.09. The van der Waals surface area contributed by atoms with Crippen LogP contribution in [0.15, 0.2) is 12.1 Å². The molecule has 2 rings (SSSR count). The highest BCUT2D eigenvalue weighted by Crippen LogP contribution is 2.28. The number of hydrogen-bond acceptors (Lipinski definition) is 3. The number of aryl methyl sites for hydroxylation is 3. The monoisotopic (exact) mass is 266 g/mol. The van der Waals surface area contributed by atoms with Crippen LogP contribution in [0.1, 0.15) is 27.0 Å². The van der Waals surface area contributed by atoms with Crippen LogP contribution < -0.4 is 0 Å². The summed E-state index contributed by atoms with van der Waals surface area (Å²) in [5.74, 6) is 3.57. The number of carbonyl (C=O) groups excluding carboxylic acids is 1. The van der Waals surface area contributed by atoms with E-state index in [1.165, 1.54) is 16.9 Å². The zero-order chi connectivity index (χ0) is 12.4. The molecule has 0 N–H and O–H groups in total.